The Morgan fingerprint density at radius 2 is 1.59 bits per heavy atom. The van der Waals surface area contributed by atoms with E-state index in [2.05, 4.69) is 90.9 Å². The Labute approximate surface area is 186 Å². The van der Waals surface area contributed by atoms with Gasteiger partial charge in [-0.3, -0.25) is 14.4 Å². The second-order valence-electron chi connectivity index (χ2n) is 8.39. The summed E-state index contributed by atoms with van der Waals surface area (Å²) >= 11 is 0. The van der Waals surface area contributed by atoms with Gasteiger partial charge in [0.2, 0.25) is 0 Å². The largest absolute Gasteiger partial charge is 0.369 e. The molecular weight excluding hydrogens is 396 g/mol. The standard InChI is InChI=1S/C26H24N6/c1-30-11-13-31(14-12-30)22-7-4-19(5-8-22)24-18-32-25(16-29-26(32)17-28-24)21-6-9-23-20(15-21)3-2-10-27-23/h2-10,15-18H,11-14H2,1H3. The summed E-state index contributed by atoms with van der Waals surface area (Å²) in [7, 11) is 2.18. The van der Waals surface area contributed by atoms with Crippen molar-refractivity contribution in [1.29, 1.82) is 0 Å². The predicted molar refractivity (Wildman–Crippen MR) is 129 cm³/mol. The van der Waals surface area contributed by atoms with Crippen molar-refractivity contribution in [3.05, 3.63) is 79.4 Å². The van der Waals surface area contributed by atoms with Crippen LogP contribution in [0.1, 0.15) is 0 Å². The van der Waals surface area contributed by atoms with Crippen LogP contribution in [-0.2, 0) is 0 Å². The molecule has 3 aromatic heterocycles. The molecule has 2 aromatic carbocycles. The zero-order chi connectivity index (χ0) is 21.5. The van der Waals surface area contributed by atoms with Gasteiger partial charge in [-0.15, -0.1) is 0 Å². The fourth-order valence-electron chi connectivity index (χ4n) is 4.39. The minimum atomic E-state index is 0.837. The third-order valence-electron chi connectivity index (χ3n) is 6.33. The van der Waals surface area contributed by atoms with Gasteiger partial charge in [0.05, 0.1) is 29.3 Å². The highest BCUT2D eigenvalue weighted by atomic mass is 15.2. The van der Waals surface area contributed by atoms with E-state index < -0.39 is 0 Å². The highest BCUT2D eigenvalue weighted by Gasteiger charge is 2.15. The highest BCUT2D eigenvalue weighted by Crippen LogP contribution is 2.27. The lowest BCUT2D eigenvalue weighted by Crippen LogP contribution is -2.44. The molecule has 0 unspecified atom stereocenters. The molecule has 1 aliphatic rings. The van der Waals surface area contributed by atoms with Gasteiger partial charge in [-0.05, 0) is 37.4 Å². The number of hydrogen-bond acceptors (Lipinski definition) is 5. The number of aromatic nitrogens is 4. The van der Waals surface area contributed by atoms with Crippen LogP contribution in [0.3, 0.4) is 0 Å². The van der Waals surface area contributed by atoms with Crippen LogP contribution in [0.15, 0.2) is 79.4 Å². The van der Waals surface area contributed by atoms with E-state index in [0.29, 0.717) is 0 Å². The summed E-state index contributed by atoms with van der Waals surface area (Å²) in [6.07, 6.45) is 7.66. The molecule has 4 heterocycles. The average Bonchev–Trinajstić information content (AvgIpc) is 3.28. The van der Waals surface area contributed by atoms with Crippen molar-refractivity contribution in [1.82, 2.24) is 24.3 Å². The normalized spacial score (nSPS) is 15.0. The number of hydrogen-bond donors (Lipinski definition) is 0. The van der Waals surface area contributed by atoms with Crippen molar-refractivity contribution in [2.45, 2.75) is 0 Å². The summed E-state index contributed by atoms with van der Waals surface area (Å²) in [4.78, 5) is 18.5. The number of rotatable bonds is 3. The molecule has 0 bridgehead atoms. The summed E-state index contributed by atoms with van der Waals surface area (Å²) in [5, 5.41) is 1.12. The molecular formula is C26H24N6. The first-order chi connectivity index (χ1) is 15.7. The third kappa shape index (κ3) is 3.39. The molecule has 0 atom stereocenters. The maximum absolute atomic E-state index is 4.67. The summed E-state index contributed by atoms with van der Waals surface area (Å²) < 4.78 is 2.12. The highest BCUT2D eigenvalue weighted by molar-refractivity contribution is 5.84. The zero-order valence-electron chi connectivity index (χ0n) is 18.0. The molecule has 158 valence electrons. The van der Waals surface area contributed by atoms with E-state index >= 15 is 0 Å². The topological polar surface area (TPSA) is 49.6 Å². The van der Waals surface area contributed by atoms with E-state index in [4.69, 9.17) is 0 Å². The smallest absolute Gasteiger partial charge is 0.155 e. The Balaban J connectivity index is 1.34. The fourth-order valence-corrected chi connectivity index (χ4v) is 4.39. The predicted octanol–water partition coefficient (Wildman–Crippen LogP) is 4.36. The van der Waals surface area contributed by atoms with Crippen LogP contribution in [0, 0.1) is 0 Å². The number of likely N-dealkylation sites (N-methyl/N-ethyl adjacent to an activating group) is 1. The molecule has 1 aliphatic heterocycles. The van der Waals surface area contributed by atoms with Crippen molar-refractivity contribution in [3.8, 4) is 22.5 Å². The first-order valence-electron chi connectivity index (χ1n) is 11.0. The van der Waals surface area contributed by atoms with Crippen LogP contribution in [-0.4, -0.2) is 57.5 Å². The van der Waals surface area contributed by atoms with Gasteiger partial charge >= 0.3 is 0 Å². The van der Waals surface area contributed by atoms with Crippen molar-refractivity contribution in [3.63, 3.8) is 0 Å². The van der Waals surface area contributed by atoms with Gasteiger partial charge in [-0.25, -0.2) is 4.98 Å². The Morgan fingerprint density at radius 1 is 0.781 bits per heavy atom. The van der Waals surface area contributed by atoms with E-state index in [9.17, 15) is 0 Å². The molecule has 0 amide bonds. The van der Waals surface area contributed by atoms with E-state index in [-0.39, 0.29) is 0 Å². The molecule has 0 radical (unpaired) electrons. The SMILES string of the molecule is CN1CCN(c2ccc(-c3cn4c(-c5ccc6ncccc6c5)cnc4cn3)cc2)CC1. The molecule has 6 rings (SSSR count). The maximum atomic E-state index is 4.67. The molecule has 5 aromatic rings. The molecule has 6 heteroatoms. The van der Waals surface area contributed by atoms with Gasteiger partial charge in [0.1, 0.15) is 0 Å². The number of benzene rings is 2. The van der Waals surface area contributed by atoms with Crippen LogP contribution in [0.2, 0.25) is 0 Å². The van der Waals surface area contributed by atoms with Gasteiger partial charge in [0.15, 0.2) is 5.65 Å². The Morgan fingerprint density at radius 3 is 2.44 bits per heavy atom. The third-order valence-corrected chi connectivity index (χ3v) is 6.33. The molecule has 0 spiro atoms. The molecule has 1 saturated heterocycles. The summed E-state index contributed by atoms with van der Waals surface area (Å²) in [6.45, 7) is 4.35. The number of piperazine rings is 1. The van der Waals surface area contributed by atoms with Crippen LogP contribution < -0.4 is 4.90 Å². The monoisotopic (exact) mass is 420 g/mol. The summed E-state index contributed by atoms with van der Waals surface area (Å²) in [5.74, 6) is 0. The molecule has 0 saturated carbocycles. The fraction of sp³-hybridized carbons (Fsp3) is 0.192. The number of anilines is 1. The Bertz CT molecular complexity index is 1400. The molecule has 1 fully saturated rings. The first-order valence-corrected chi connectivity index (χ1v) is 11.0. The second kappa shape index (κ2) is 7.73. The van der Waals surface area contributed by atoms with Crippen LogP contribution in [0.4, 0.5) is 5.69 Å². The van der Waals surface area contributed by atoms with Crippen molar-refractivity contribution < 1.29 is 0 Å². The molecule has 0 aliphatic carbocycles. The van der Waals surface area contributed by atoms with Gasteiger partial charge in [-0.1, -0.05) is 24.3 Å². The van der Waals surface area contributed by atoms with E-state index in [1.807, 2.05) is 24.7 Å². The summed E-state index contributed by atoms with van der Waals surface area (Å²) in [5.41, 5.74) is 7.30. The van der Waals surface area contributed by atoms with Crippen LogP contribution in [0.25, 0.3) is 39.1 Å². The lowest BCUT2D eigenvalue weighted by molar-refractivity contribution is 0.313. The zero-order valence-corrected chi connectivity index (χ0v) is 18.0. The number of pyridine rings is 1. The van der Waals surface area contributed by atoms with Gasteiger partial charge in [0, 0.05) is 60.8 Å². The molecule has 6 nitrogen and oxygen atoms in total. The van der Waals surface area contributed by atoms with Crippen LogP contribution in [0.5, 0.6) is 0 Å². The summed E-state index contributed by atoms with van der Waals surface area (Å²) in [6, 6.07) is 19.1. The molecule has 0 N–H and O–H groups in total. The molecule has 32 heavy (non-hydrogen) atoms. The van der Waals surface area contributed by atoms with Gasteiger partial charge < -0.3 is 9.80 Å². The van der Waals surface area contributed by atoms with Crippen LogP contribution >= 0.6 is 0 Å². The minimum Gasteiger partial charge on any atom is -0.369 e. The minimum absolute atomic E-state index is 0.837. The van der Waals surface area contributed by atoms with Crippen molar-refractivity contribution in [2.75, 3.05) is 38.1 Å². The number of nitrogens with zero attached hydrogens (tertiary/aromatic N) is 6. The van der Waals surface area contributed by atoms with E-state index in [1.54, 1.807) is 0 Å². The lowest BCUT2D eigenvalue weighted by atomic mass is 10.1. The number of imidazole rings is 1. The first kappa shape index (κ1) is 19.0. The maximum Gasteiger partial charge on any atom is 0.155 e. The van der Waals surface area contributed by atoms with Gasteiger partial charge in [-0.2, -0.15) is 0 Å². The van der Waals surface area contributed by atoms with E-state index in [0.717, 1.165) is 65.2 Å². The average molecular weight is 421 g/mol. The van der Waals surface area contributed by atoms with Crippen molar-refractivity contribution in [2.24, 2.45) is 0 Å². The quantitative estimate of drug-likeness (QED) is 0.434. The van der Waals surface area contributed by atoms with E-state index in [1.165, 1.54) is 5.69 Å². The lowest BCUT2D eigenvalue weighted by Gasteiger charge is -2.34. The van der Waals surface area contributed by atoms with Gasteiger partial charge in [0.25, 0.3) is 0 Å². The Kier molecular flexibility index (Phi) is 4.58. The second-order valence-corrected chi connectivity index (χ2v) is 8.39. The Hall–Kier alpha value is -3.77. The van der Waals surface area contributed by atoms with Crippen molar-refractivity contribution >= 4 is 22.2 Å². The number of fused-ring (bicyclic) bond motifs is 2.